The number of benzene rings is 2. The molecule has 2 aromatic carbocycles. The second-order valence-electron chi connectivity index (χ2n) is 3.66. The maximum absolute atomic E-state index is 13.2. The molecule has 0 spiro atoms. The SMILES string of the molecule is Fc1ccc(OCc2ccccc2)cc1CBr. The van der Waals surface area contributed by atoms with E-state index in [1.54, 1.807) is 12.1 Å². The zero-order chi connectivity index (χ0) is 12.1. The van der Waals surface area contributed by atoms with Gasteiger partial charge in [0.1, 0.15) is 18.2 Å². The van der Waals surface area contributed by atoms with Crippen LogP contribution in [0.2, 0.25) is 0 Å². The van der Waals surface area contributed by atoms with E-state index in [0.717, 1.165) is 5.56 Å². The van der Waals surface area contributed by atoms with Crippen LogP contribution in [0, 0.1) is 5.82 Å². The molecule has 0 heterocycles. The van der Waals surface area contributed by atoms with Crippen molar-refractivity contribution in [2.45, 2.75) is 11.9 Å². The lowest BCUT2D eigenvalue weighted by atomic mass is 10.2. The Balaban J connectivity index is 2.04. The minimum absolute atomic E-state index is 0.214. The van der Waals surface area contributed by atoms with Crippen molar-refractivity contribution in [3.63, 3.8) is 0 Å². The van der Waals surface area contributed by atoms with Gasteiger partial charge in [-0.25, -0.2) is 4.39 Å². The smallest absolute Gasteiger partial charge is 0.127 e. The summed E-state index contributed by atoms with van der Waals surface area (Å²) in [6, 6.07) is 14.7. The number of hydrogen-bond donors (Lipinski definition) is 0. The van der Waals surface area contributed by atoms with E-state index >= 15 is 0 Å². The fraction of sp³-hybridized carbons (Fsp3) is 0.143. The van der Waals surface area contributed by atoms with Crippen molar-refractivity contribution in [2.24, 2.45) is 0 Å². The molecule has 0 aliphatic heterocycles. The van der Waals surface area contributed by atoms with E-state index in [4.69, 9.17) is 4.74 Å². The van der Waals surface area contributed by atoms with Gasteiger partial charge in [-0.1, -0.05) is 46.3 Å². The van der Waals surface area contributed by atoms with Crippen LogP contribution >= 0.6 is 15.9 Å². The quantitative estimate of drug-likeness (QED) is 0.764. The van der Waals surface area contributed by atoms with Gasteiger partial charge in [0.2, 0.25) is 0 Å². The van der Waals surface area contributed by atoms with Crippen LogP contribution < -0.4 is 4.74 Å². The third kappa shape index (κ3) is 3.30. The highest BCUT2D eigenvalue weighted by Gasteiger charge is 2.03. The largest absolute Gasteiger partial charge is 0.489 e. The molecule has 0 saturated heterocycles. The molecule has 88 valence electrons. The van der Waals surface area contributed by atoms with Gasteiger partial charge in [-0.05, 0) is 23.8 Å². The molecule has 0 bridgehead atoms. The Morgan fingerprint density at radius 3 is 2.53 bits per heavy atom. The van der Waals surface area contributed by atoms with E-state index in [1.807, 2.05) is 30.3 Å². The van der Waals surface area contributed by atoms with Crippen LogP contribution in [-0.2, 0) is 11.9 Å². The summed E-state index contributed by atoms with van der Waals surface area (Å²) in [5.74, 6) is 0.471. The summed E-state index contributed by atoms with van der Waals surface area (Å²) in [5.41, 5.74) is 1.70. The van der Waals surface area contributed by atoms with Crippen molar-refractivity contribution in [3.8, 4) is 5.75 Å². The highest BCUT2D eigenvalue weighted by molar-refractivity contribution is 9.08. The van der Waals surface area contributed by atoms with Crippen molar-refractivity contribution in [1.82, 2.24) is 0 Å². The second kappa shape index (κ2) is 5.82. The highest BCUT2D eigenvalue weighted by atomic mass is 79.9. The molecule has 0 N–H and O–H groups in total. The summed E-state index contributed by atoms with van der Waals surface area (Å²) in [4.78, 5) is 0. The Morgan fingerprint density at radius 1 is 1.06 bits per heavy atom. The second-order valence-corrected chi connectivity index (χ2v) is 4.22. The first-order valence-corrected chi connectivity index (χ1v) is 6.43. The van der Waals surface area contributed by atoms with E-state index in [-0.39, 0.29) is 5.82 Å². The fourth-order valence-electron chi connectivity index (χ4n) is 1.48. The van der Waals surface area contributed by atoms with Crippen LogP contribution in [0.3, 0.4) is 0 Å². The van der Waals surface area contributed by atoms with Gasteiger partial charge in [0.15, 0.2) is 0 Å². The van der Waals surface area contributed by atoms with Gasteiger partial charge < -0.3 is 4.74 Å². The molecule has 2 aromatic rings. The van der Waals surface area contributed by atoms with E-state index in [9.17, 15) is 4.39 Å². The molecule has 17 heavy (non-hydrogen) atoms. The molecule has 0 saturated carbocycles. The number of alkyl halides is 1. The molecule has 1 nitrogen and oxygen atoms in total. The number of ether oxygens (including phenoxy) is 1. The standard InChI is InChI=1S/C14H12BrFO/c15-9-12-8-13(6-7-14(12)16)17-10-11-4-2-1-3-5-11/h1-8H,9-10H2. The van der Waals surface area contributed by atoms with Crippen molar-refractivity contribution in [3.05, 3.63) is 65.5 Å². The van der Waals surface area contributed by atoms with Gasteiger partial charge in [-0.15, -0.1) is 0 Å². The summed E-state index contributed by atoms with van der Waals surface area (Å²) in [5, 5.41) is 0.487. The van der Waals surface area contributed by atoms with Crippen molar-refractivity contribution in [1.29, 1.82) is 0 Å². The molecule has 0 unspecified atom stereocenters. The first-order valence-electron chi connectivity index (χ1n) is 5.30. The van der Waals surface area contributed by atoms with Gasteiger partial charge in [0.25, 0.3) is 0 Å². The molecule has 0 aliphatic rings. The van der Waals surface area contributed by atoms with E-state index in [2.05, 4.69) is 15.9 Å². The van der Waals surface area contributed by atoms with Gasteiger partial charge >= 0.3 is 0 Å². The summed E-state index contributed by atoms with van der Waals surface area (Å²) < 4.78 is 18.8. The monoisotopic (exact) mass is 294 g/mol. The van der Waals surface area contributed by atoms with E-state index < -0.39 is 0 Å². The van der Waals surface area contributed by atoms with Crippen molar-refractivity contribution in [2.75, 3.05) is 0 Å². The average Bonchev–Trinajstić information content (AvgIpc) is 2.39. The Labute approximate surface area is 108 Å². The van der Waals surface area contributed by atoms with Gasteiger partial charge in [0.05, 0.1) is 0 Å². The van der Waals surface area contributed by atoms with Crippen molar-refractivity contribution < 1.29 is 9.13 Å². The summed E-state index contributed by atoms with van der Waals surface area (Å²) in [7, 11) is 0. The molecule has 0 fully saturated rings. The van der Waals surface area contributed by atoms with Crippen LogP contribution in [0.25, 0.3) is 0 Å². The molecule has 0 radical (unpaired) electrons. The first kappa shape index (κ1) is 12.1. The van der Waals surface area contributed by atoms with Crippen LogP contribution in [0.15, 0.2) is 48.5 Å². The maximum atomic E-state index is 13.2. The minimum atomic E-state index is -0.214. The molecule has 0 atom stereocenters. The molecular weight excluding hydrogens is 283 g/mol. The summed E-state index contributed by atoms with van der Waals surface area (Å²) >= 11 is 3.24. The van der Waals surface area contributed by atoms with E-state index in [0.29, 0.717) is 23.2 Å². The Bertz CT molecular complexity index is 485. The number of halogens is 2. The minimum Gasteiger partial charge on any atom is -0.489 e. The van der Waals surface area contributed by atoms with Gasteiger partial charge in [-0.3, -0.25) is 0 Å². The lowest BCUT2D eigenvalue weighted by Gasteiger charge is -2.07. The number of hydrogen-bond acceptors (Lipinski definition) is 1. The van der Waals surface area contributed by atoms with Gasteiger partial charge in [-0.2, -0.15) is 0 Å². The molecule has 0 aliphatic carbocycles. The predicted molar refractivity (Wildman–Crippen MR) is 69.8 cm³/mol. The fourth-order valence-corrected chi connectivity index (χ4v) is 1.91. The normalized spacial score (nSPS) is 10.2. The van der Waals surface area contributed by atoms with Crippen LogP contribution in [0.4, 0.5) is 4.39 Å². The Morgan fingerprint density at radius 2 is 1.82 bits per heavy atom. The average molecular weight is 295 g/mol. The first-order chi connectivity index (χ1) is 8.29. The summed E-state index contributed by atoms with van der Waals surface area (Å²) in [6.07, 6.45) is 0. The summed E-state index contributed by atoms with van der Waals surface area (Å²) in [6.45, 7) is 0.494. The topological polar surface area (TPSA) is 9.23 Å². The molecule has 3 heteroatoms. The molecule has 0 amide bonds. The van der Waals surface area contributed by atoms with E-state index in [1.165, 1.54) is 6.07 Å². The molecular formula is C14H12BrFO. The Kier molecular flexibility index (Phi) is 4.15. The van der Waals surface area contributed by atoms with Crippen LogP contribution in [0.5, 0.6) is 5.75 Å². The zero-order valence-corrected chi connectivity index (χ0v) is 10.8. The molecule has 0 aromatic heterocycles. The third-order valence-corrected chi connectivity index (χ3v) is 3.01. The lowest BCUT2D eigenvalue weighted by molar-refractivity contribution is 0.305. The van der Waals surface area contributed by atoms with Crippen molar-refractivity contribution >= 4 is 15.9 Å². The third-order valence-electron chi connectivity index (χ3n) is 2.41. The van der Waals surface area contributed by atoms with Gasteiger partial charge in [0, 0.05) is 10.9 Å². The molecule has 2 rings (SSSR count). The van der Waals surface area contributed by atoms with Crippen LogP contribution in [0.1, 0.15) is 11.1 Å². The lowest BCUT2D eigenvalue weighted by Crippen LogP contribution is -1.96. The maximum Gasteiger partial charge on any atom is 0.127 e. The highest BCUT2D eigenvalue weighted by Crippen LogP contribution is 2.20. The number of rotatable bonds is 4. The predicted octanol–water partition coefficient (Wildman–Crippen LogP) is 4.30. The van der Waals surface area contributed by atoms with Crippen LogP contribution in [-0.4, -0.2) is 0 Å². The Hall–Kier alpha value is -1.35. The zero-order valence-electron chi connectivity index (χ0n) is 9.20.